The SMILES string of the molecule is N#CC1(Cl)CC2c3ccccc3C1c1ccccc12. The molecule has 0 N–H and O–H groups in total. The van der Waals surface area contributed by atoms with Crippen LogP contribution in [0.4, 0.5) is 0 Å². The molecule has 2 heteroatoms. The Morgan fingerprint density at radius 3 is 1.89 bits per heavy atom. The molecular weight excluding hydrogens is 254 g/mol. The van der Waals surface area contributed by atoms with Crippen LogP contribution in [0.2, 0.25) is 0 Å². The predicted octanol–water partition coefficient (Wildman–Crippen LogP) is 4.17. The second-order valence-electron chi connectivity index (χ2n) is 5.42. The standard InChI is InChI=1S/C17H12ClN/c18-17(10-19)9-15-11-5-1-3-7-13(11)16(17)14-8-4-2-6-12(14)15/h1-8,15-16H,9H2. The minimum absolute atomic E-state index is 0.00318. The van der Waals surface area contributed by atoms with Crippen LogP contribution in [0.25, 0.3) is 0 Å². The van der Waals surface area contributed by atoms with Crippen LogP contribution in [-0.4, -0.2) is 4.87 Å². The van der Waals surface area contributed by atoms with Crippen molar-refractivity contribution < 1.29 is 0 Å². The summed E-state index contributed by atoms with van der Waals surface area (Å²) in [5.74, 6) is 0.256. The summed E-state index contributed by atoms with van der Waals surface area (Å²) in [5.41, 5.74) is 5.15. The Morgan fingerprint density at radius 2 is 1.42 bits per heavy atom. The number of nitriles is 1. The highest BCUT2D eigenvalue weighted by Crippen LogP contribution is 2.59. The predicted molar refractivity (Wildman–Crippen MR) is 75.4 cm³/mol. The van der Waals surface area contributed by atoms with Crippen molar-refractivity contribution in [2.75, 3.05) is 0 Å². The quantitative estimate of drug-likeness (QED) is 0.656. The van der Waals surface area contributed by atoms with Crippen molar-refractivity contribution in [1.82, 2.24) is 0 Å². The fourth-order valence-corrected chi connectivity index (χ4v) is 4.14. The van der Waals surface area contributed by atoms with Gasteiger partial charge in [0.25, 0.3) is 0 Å². The van der Waals surface area contributed by atoms with Crippen LogP contribution in [0, 0.1) is 11.3 Å². The molecule has 1 atom stereocenters. The van der Waals surface area contributed by atoms with E-state index in [-0.39, 0.29) is 11.8 Å². The maximum atomic E-state index is 9.54. The molecule has 5 rings (SSSR count). The summed E-state index contributed by atoms with van der Waals surface area (Å²) in [7, 11) is 0. The van der Waals surface area contributed by atoms with E-state index in [2.05, 4.69) is 42.5 Å². The molecule has 3 aliphatic carbocycles. The molecule has 0 spiro atoms. The van der Waals surface area contributed by atoms with Gasteiger partial charge < -0.3 is 0 Å². The van der Waals surface area contributed by atoms with Crippen LogP contribution in [0.15, 0.2) is 48.5 Å². The molecule has 0 amide bonds. The average molecular weight is 266 g/mol. The zero-order chi connectivity index (χ0) is 13.0. The van der Waals surface area contributed by atoms with E-state index >= 15 is 0 Å². The molecule has 1 nitrogen and oxygen atoms in total. The largest absolute Gasteiger partial charge is 0.196 e. The van der Waals surface area contributed by atoms with Crippen LogP contribution in [0.1, 0.15) is 40.5 Å². The van der Waals surface area contributed by atoms with Crippen molar-refractivity contribution >= 4 is 11.6 Å². The third kappa shape index (κ3) is 1.30. The molecule has 2 aromatic rings. The molecule has 0 radical (unpaired) electrons. The van der Waals surface area contributed by atoms with Crippen molar-refractivity contribution in [1.29, 1.82) is 5.26 Å². The first kappa shape index (κ1) is 11.1. The minimum atomic E-state index is -0.798. The van der Waals surface area contributed by atoms with Crippen molar-refractivity contribution in [2.24, 2.45) is 0 Å². The highest BCUT2D eigenvalue weighted by molar-refractivity contribution is 6.27. The van der Waals surface area contributed by atoms with Crippen molar-refractivity contribution in [3.05, 3.63) is 70.8 Å². The molecule has 0 aromatic heterocycles. The third-order valence-electron chi connectivity index (χ3n) is 4.51. The first-order valence-corrected chi connectivity index (χ1v) is 6.90. The van der Waals surface area contributed by atoms with Gasteiger partial charge in [0.1, 0.15) is 4.87 Å². The van der Waals surface area contributed by atoms with Crippen molar-refractivity contribution in [2.45, 2.75) is 23.1 Å². The van der Waals surface area contributed by atoms with E-state index in [9.17, 15) is 5.26 Å². The fourth-order valence-electron chi connectivity index (χ4n) is 3.76. The Hall–Kier alpha value is -1.78. The Labute approximate surface area is 117 Å². The highest BCUT2D eigenvalue weighted by Gasteiger charge is 2.52. The van der Waals surface area contributed by atoms with Gasteiger partial charge in [-0.05, 0) is 28.7 Å². The van der Waals surface area contributed by atoms with Crippen LogP contribution in [0.3, 0.4) is 0 Å². The van der Waals surface area contributed by atoms with E-state index in [0.29, 0.717) is 6.42 Å². The van der Waals surface area contributed by atoms with Crippen LogP contribution >= 0.6 is 11.6 Å². The summed E-state index contributed by atoms with van der Waals surface area (Å²) >= 11 is 6.65. The minimum Gasteiger partial charge on any atom is -0.196 e. The van der Waals surface area contributed by atoms with Gasteiger partial charge >= 0.3 is 0 Å². The molecule has 0 saturated carbocycles. The number of halogens is 1. The second kappa shape index (κ2) is 3.62. The normalized spacial score (nSPS) is 30.3. The van der Waals surface area contributed by atoms with E-state index < -0.39 is 4.87 Å². The monoisotopic (exact) mass is 265 g/mol. The smallest absolute Gasteiger partial charge is 0.142 e. The van der Waals surface area contributed by atoms with Crippen LogP contribution in [0.5, 0.6) is 0 Å². The highest BCUT2D eigenvalue weighted by atomic mass is 35.5. The summed E-state index contributed by atoms with van der Waals surface area (Å²) in [6, 6.07) is 19.2. The van der Waals surface area contributed by atoms with Gasteiger partial charge in [0.15, 0.2) is 0 Å². The summed E-state index contributed by atoms with van der Waals surface area (Å²) in [6.07, 6.45) is 0.712. The molecule has 2 bridgehead atoms. The first-order chi connectivity index (χ1) is 9.24. The van der Waals surface area contributed by atoms with Gasteiger partial charge in [0.05, 0.1) is 6.07 Å². The molecule has 1 unspecified atom stereocenters. The van der Waals surface area contributed by atoms with Crippen LogP contribution in [-0.2, 0) is 0 Å². The number of alkyl halides is 1. The van der Waals surface area contributed by atoms with Gasteiger partial charge in [-0.25, -0.2) is 0 Å². The number of fused-ring (bicyclic) bond motifs is 1. The molecule has 0 saturated heterocycles. The van der Waals surface area contributed by atoms with Crippen molar-refractivity contribution in [3.8, 4) is 6.07 Å². The average Bonchev–Trinajstić information content (AvgIpc) is 2.47. The van der Waals surface area contributed by atoms with E-state index in [1.807, 2.05) is 12.1 Å². The number of hydrogen-bond acceptors (Lipinski definition) is 1. The molecule has 0 fully saturated rings. The number of benzene rings is 2. The zero-order valence-electron chi connectivity index (χ0n) is 10.3. The van der Waals surface area contributed by atoms with Gasteiger partial charge in [-0.15, -0.1) is 11.6 Å². The second-order valence-corrected chi connectivity index (χ2v) is 6.10. The fraction of sp³-hybridized carbons (Fsp3) is 0.235. The summed E-state index contributed by atoms with van der Waals surface area (Å²) < 4.78 is 0. The molecular formula is C17H12ClN. The number of rotatable bonds is 0. The van der Waals surface area contributed by atoms with E-state index in [1.54, 1.807) is 0 Å². The van der Waals surface area contributed by atoms with E-state index in [0.717, 1.165) is 0 Å². The Bertz CT molecular complexity index is 668. The Morgan fingerprint density at radius 1 is 0.947 bits per heavy atom. The van der Waals surface area contributed by atoms with Gasteiger partial charge in [-0.2, -0.15) is 5.26 Å². The lowest BCUT2D eigenvalue weighted by Gasteiger charge is -2.47. The molecule has 2 aromatic carbocycles. The molecule has 3 aliphatic rings. The lowest BCUT2D eigenvalue weighted by atomic mass is 9.59. The number of hydrogen-bond donors (Lipinski definition) is 0. The molecule has 0 aliphatic heterocycles. The maximum Gasteiger partial charge on any atom is 0.142 e. The Balaban J connectivity index is 2.07. The molecule has 0 heterocycles. The zero-order valence-corrected chi connectivity index (χ0v) is 11.1. The van der Waals surface area contributed by atoms with Crippen molar-refractivity contribution in [3.63, 3.8) is 0 Å². The number of nitrogens with zero attached hydrogens (tertiary/aromatic N) is 1. The molecule has 92 valence electrons. The summed E-state index contributed by atoms with van der Waals surface area (Å²) in [6.45, 7) is 0. The lowest BCUT2D eigenvalue weighted by Crippen LogP contribution is -2.41. The van der Waals surface area contributed by atoms with Crippen LogP contribution < -0.4 is 0 Å². The van der Waals surface area contributed by atoms with Gasteiger partial charge in [0, 0.05) is 11.8 Å². The summed E-state index contributed by atoms with van der Waals surface area (Å²) in [5, 5.41) is 9.54. The van der Waals surface area contributed by atoms with Gasteiger partial charge in [-0.1, -0.05) is 48.5 Å². The van der Waals surface area contributed by atoms with Gasteiger partial charge in [-0.3, -0.25) is 0 Å². The topological polar surface area (TPSA) is 23.8 Å². The molecule has 19 heavy (non-hydrogen) atoms. The first-order valence-electron chi connectivity index (χ1n) is 6.52. The van der Waals surface area contributed by atoms with E-state index in [1.165, 1.54) is 22.3 Å². The van der Waals surface area contributed by atoms with Gasteiger partial charge in [0.2, 0.25) is 0 Å². The summed E-state index contributed by atoms with van der Waals surface area (Å²) in [4.78, 5) is -0.798. The third-order valence-corrected chi connectivity index (χ3v) is 4.97. The van der Waals surface area contributed by atoms with E-state index in [4.69, 9.17) is 11.6 Å². The Kier molecular flexibility index (Phi) is 2.11. The maximum absolute atomic E-state index is 9.54. The lowest BCUT2D eigenvalue weighted by molar-refractivity contribution is 0.460.